The van der Waals surface area contributed by atoms with Crippen LogP contribution in [-0.2, 0) is 14.2 Å². The van der Waals surface area contributed by atoms with E-state index in [2.05, 4.69) is 25.3 Å². The number of aliphatic hydroxyl groups excluding tert-OH is 1. The molecule has 0 saturated carbocycles. The predicted molar refractivity (Wildman–Crippen MR) is 136 cm³/mol. The van der Waals surface area contributed by atoms with Crippen LogP contribution in [0.3, 0.4) is 0 Å². The molecule has 2 saturated heterocycles. The lowest BCUT2D eigenvalue weighted by molar-refractivity contribution is -0.170. The van der Waals surface area contributed by atoms with Crippen LogP contribution < -0.4 is 0 Å². The first-order valence-corrected chi connectivity index (χ1v) is 13.2. The van der Waals surface area contributed by atoms with Gasteiger partial charge >= 0.3 is 0 Å². The van der Waals surface area contributed by atoms with Crippen LogP contribution in [0.4, 0.5) is 13.2 Å². The van der Waals surface area contributed by atoms with Gasteiger partial charge in [0.1, 0.15) is 47.9 Å². The quantitative estimate of drug-likeness (QED) is 0.332. The highest BCUT2D eigenvalue weighted by atomic mass is 35.5. The maximum absolute atomic E-state index is 13.9. The Kier molecular flexibility index (Phi) is 7.46. The summed E-state index contributed by atoms with van der Waals surface area (Å²) in [6.07, 6.45) is 4.52. The molecule has 2 aliphatic heterocycles. The van der Waals surface area contributed by atoms with Crippen molar-refractivity contribution in [1.82, 2.24) is 29.9 Å². The molecule has 0 spiro atoms. The molecule has 4 aromatic rings. The predicted octanol–water partition coefficient (Wildman–Crippen LogP) is 3.70. The van der Waals surface area contributed by atoms with Crippen LogP contribution in [0.1, 0.15) is 6.04 Å². The van der Waals surface area contributed by atoms with Crippen molar-refractivity contribution >= 4 is 23.4 Å². The van der Waals surface area contributed by atoms with Crippen LogP contribution in [0.15, 0.2) is 54.2 Å². The van der Waals surface area contributed by atoms with E-state index in [0.29, 0.717) is 21.2 Å². The zero-order valence-electron chi connectivity index (χ0n) is 20.6. The maximum Gasteiger partial charge on any atom is 0.194 e. The van der Waals surface area contributed by atoms with E-state index in [1.807, 2.05) is 0 Å². The lowest BCUT2D eigenvalue weighted by atomic mass is 9.96. The summed E-state index contributed by atoms with van der Waals surface area (Å²) in [7, 11) is 1.49. The van der Waals surface area contributed by atoms with Crippen LogP contribution in [0.25, 0.3) is 22.5 Å². The second-order valence-electron chi connectivity index (χ2n) is 9.11. The van der Waals surface area contributed by atoms with Crippen molar-refractivity contribution in [3.8, 4) is 22.5 Å². The Morgan fingerprint density at radius 2 is 1.82 bits per heavy atom. The summed E-state index contributed by atoms with van der Waals surface area (Å²) in [6, 6.07) is 2.72. The second-order valence-corrected chi connectivity index (χ2v) is 10.7. The highest BCUT2D eigenvalue weighted by Crippen LogP contribution is 2.45. The summed E-state index contributed by atoms with van der Waals surface area (Å²) in [5.41, 5.74) is 0.607. The van der Waals surface area contributed by atoms with Gasteiger partial charge in [0.05, 0.1) is 23.5 Å². The van der Waals surface area contributed by atoms with E-state index in [-0.39, 0.29) is 17.9 Å². The van der Waals surface area contributed by atoms with E-state index in [0.717, 1.165) is 12.1 Å². The van der Waals surface area contributed by atoms with Crippen molar-refractivity contribution in [1.29, 1.82) is 0 Å². The zero-order valence-corrected chi connectivity index (χ0v) is 22.1. The topological polar surface area (TPSA) is 117 Å². The molecule has 0 bridgehead atoms. The number of aromatic nitrogens is 6. The fourth-order valence-corrected chi connectivity index (χ4v) is 6.38. The van der Waals surface area contributed by atoms with Gasteiger partial charge in [0.15, 0.2) is 17.5 Å². The molecule has 6 rings (SSSR count). The summed E-state index contributed by atoms with van der Waals surface area (Å²) in [6.45, 7) is 0.0148. The van der Waals surface area contributed by atoms with Crippen molar-refractivity contribution in [2.75, 3.05) is 13.7 Å². The number of rotatable bonds is 6. The van der Waals surface area contributed by atoms with Gasteiger partial charge in [0, 0.05) is 41.7 Å². The van der Waals surface area contributed by atoms with Crippen LogP contribution in [0.5, 0.6) is 0 Å². The van der Waals surface area contributed by atoms with E-state index in [9.17, 15) is 18.3 Å². The Morgan fingerprint density at radius 1 is 1.07 bits per heavy atom. The minimum atomic E-state index is -1.58. The molecule has 2 aliphatic rings. The number of benzene rings is 1. The number of pyridine rings is 1. The molecular formula is C25H20ClF3N6O4S. The van der Waals surface area contributed by atoms with Gasteiger partial charge in [-0.1, -0.05) is 28.6 Å². The maximum atomic E-state index is 13.9. The third kappa shape index (κ3) is 4.95. The van der Waals surface area contributed by atoms with Crippen molar-refractivity contribution in [3.63, 3.8) is 0 Å². The molecule has 4 unspecified atom stereocenters. The number of aliphatic hydroxyl groups is 1. The smallest absolute Gasteiger partial charge is 0.194 e. The monoisotopic (exact) mass is 592 g/mol. The van der Waals surface area contributed by atoms with Crippen LogP contribution in [0, 0.1) is 17.5 Å². The molecule has 2 fully saturated rings. The highest BCUT2D eigenvalue weighted by Gasteiger charge is 2.54. The lowest BCUT2D eigenvalue weighted by Crippen LogP contribution is -2.55. The van der Waals surface area contributed by atoms with Crippen molar-refractivity contribution < 1.29 is 32.5 Å². The van der Waals surface area contributed by atoms with Gasteiger partial charge in [-0.05, 0) is 18.2 Å². The first kappa shape index (κ1) is 27.1. The molecule has 3 aromatic heterocycles. The molecule has 0 amide bonds. The van der Waals surface area contributed by atoms with Gasteiger partial charge in [-0.15, -0.1) is 5.10 Å². The Hall–Kier alpha value is -3.14. The summed E-state index contributed by atoms with van der Waals surface area (Å²) in [5, 5.41) is 19.3. The Labute approximate surface area is 234 Å². The van der Waals surface area contributed by atoms with Gasteiger partial charge in [-0.25, -0.2) is 27.8 Å². The molecule has 15 heteroatoms. The average Bonchev–Trinajstić information content (AvgIpc) is 3.58. The number of hydrogen-bond acceptors (Lipinski definition) is 10. The largest absolute Gasteiger partial charge is 0.388 e. The summed E-state index contributed by atoms with van der Waals surface area (Å²) in [5.74, 6) is -4.27. The average molecular weight is 593 g/mol. The number of ether oxygens (including phenoxy) is 3. The van der Waals surface area contributed by atoms with Crippen molar-refractivity contribution in [2.45, 2.75) is 40.8 Å². The third-order valence-electron chi connectivity index (χ3n) is 6.66. The molecule has 1 aromatic carbocycles. The minimum absolute atomic E-state index is 0.00162. The lowest BCUT2D eigenvalue weighted by Gasteiger charge is -2.43. The molecule has 0 radical (unpaired) electrons. The SMILES string of the molecule is COC1C(n2cc(-c3cc(F)c(F)c(F)c3)nn2)[C@H]2OCC(O)C2O[C@@H]1Sc1cc(Cl)cnc1-c1cncnc1. The minimum Gasteiger partial charge on any atom is -0.388 e. The van der Waals surface area contributed by atoms with Crippen LogP contribution >= 0.6 is 23.4 Å². The van der Waals surface area contributed by atoms with Gasteiger partial charge in [0.2, 0.25) is 0 Å². The molecule has 208 valence electrons. The first-order valence-electron chi connectivity index (χ1n) is 12.0. The number of fused-ring (bicyclic) bond motifs is 1. The molecule has 40 heavy (non-hydrogen) atoms. The van der Waals surface area contributed by atoms with E-state index >= 15 is 0 Å². The summed E-state index contributed by atoms with van der Waals surface area (Å²) < 4.78 is 60.8. The molecule has 1 N–H and O–H groups in total. The number of thioether (sulfide) groups is 1. The molecule has 5 heterocycles. The second kappa shape index (κ2) is 11.0. The van der Waals surface area contributed by atoms with Crippen LogP contribution in [-0.4, -0.2) is 78.6 Å². The molecule has 10 nitrogen and oxygen atoms in total. The fourth-order valence-electron chi connectivity index (χ4n) is 4.84. The highest BCUT2D eigenvalue weighted by molar-refractivity contribution is 8.00. The number of halogens is 4. The van der Waals surface area contributed by atoms with Gasteiger partial charge in [-0.2, -0.15) is 0 Å². The van der Waals surface area contributed by atoms with Crippen LogP contribution in [0.2, 0.25) is 5.02 Å². The van der Waals surface area contributed by atoms with E-state index in [1.165, 1.54) is 42.3 Å². The number of hydrogen-bond donors (Lipinski definition) is 1. The number of methoxy groups -OCH3 is 1. The molecule has 0 aliphatic carbocycles. The van der Waals surface area contributed by atoms with Crippen molar-refractivity contribution in [3.05, 3.63) is 71.8 Å². The van der Waals surface area contributed by atoms with Gasteiger partial charge in [-0.3, -0.25) is 4.98 Å². The van der Waals surface area contributed by atoms with Gasteiger partial charge in [0.25, 0.3) is 0 Å². The summed E-state index contributed by atoms with van der Waals surface area (Å²) >= 11 is 7.56. The molecule has 6 atom stereocenters. The normalized spacial score (nSPS) is 26.1. The first-order chi connectivity index (χ1) is 19.3. The van der Waals surface area contributed by atoms with E-state index in [4.69, 9.17) is 25.8 Å². The Morgan fingerprint density at radius 3 is 2.55 bits per heavy atom. The van der Waals surface area contributed by atoms with Crippen molar-refractivity contribution in [2.24, 2.45) is 0 Å². The van der Waals surface area contributed by atoms with E-state index in [1.54, 1.807) is 18.5 Å². The molecular weight excluding hydrogens is 573 g/mol. The zero-order chi connectivity index (χ0) is 28.0. The standard InChI is InChI=1S/C25H20ClF3N6O4S/c1-37-24-21(35-8-16(33-34-35)11-2-14(27)19(29)15(28)3-11)23-22(17(36)9-38-23)39-25(24)40-18-4-13(26)7-32-20(18)12-5-30-10-31-6-12/h2-8,10,17,21-25,36H,9H2,1H3/t17?,21?,22?,23-,24?,25-/m1/s1. The Balaban J connectivity index is 1.37. The number of nitrogens with zero attached hydrogens (tertiary/aromatic N) is 6. The third-order valence-corrected chi connectivity index (χ3v) is 8.04. The fraction of sp³-hybridized carbons (Fsp3) is 0.320. The van der Waals surface area contributed by atoms with E-state index < -0.39 is 53.3 Å². The van der Waals surface area contributed by atoms with Gasteiger partial charge < -0.3 is 19.3 Å². The Bertz CT molecular complexity index is 1510. The summed E-state index contributed by atoms with van der Waals surface area (Å²) in [4.78, 5) is 13.2.